The van der Waals surface area contributed by atoms with Crippen LogP contribution in [0.4, 0.5) is 0 Å². The summed E-state index contributed by atoms with van der Waals surface area (Å²) in [5.41, 5.74) is 3.36. The van der Waals surface area contributed by atoms with Gasteiger partial charge in [0.15, 0.2) is 6.61 Å². The maximum absolute atomic E-state index is 12.6. The van der Waals surface area contributed by atoms with E-state index in [-0.39, 0.29) is 18.6 Å². The van der Waals surface area contributed by atoms with Gasteiger partial charge in [0.05, 0.1) is 5.39 Å². The summed E-state index contributed by atoms with van der Waals surface area (Å²) in [6.07, 6.45) is 6.81. The number of nitrogens with zero attached hydrogens (tertiary/aromatic N) is 2. The summed E-state index contributed by atoms with van der Waals surface area (Å²) in [4.78, 5) is 22.2. The van der Waals surface area contributed by atoms with Crippen molar-refractivity contribution in [1.29, 1.82) is 0 Å². The Morgan fingerprint density at radius 3 is 2.80 bits per heavy atom. The van der Waals surface area contributed by atoms with Crippen molar-refractivity contribution in [2.75, 3.05) is 6.61 Å². The zero-order valence-corrected chi connectivity index (χ0v) is 18.2. The number of aromatic nitrogens is 2. The lowest BCUT2D eigenvalue weighted by Gasteiger charge is -2.28. The first-order chi connectivity index (χ1) is 14.6. The Morgan fingerprint density at radius 2 is 2.07 bits per heavy atom. The molecule has 2 heterocycles. The summed E-state index contributed by atoms with van der Waals surface area (Å²) in [6, 6.07) is 8.57. The van der Waals surface area contributed by atoms with Crippen molar-refractivity contribution in [3.63, 3.8) is 0 Å². The van der Waals surface area contributed by atoms with Crippen molar-refractivity contribution < 1.29 is 9.53 Å². The normalized spacial score (nSPS) is 23.6. The quantitative estimate of drug-likeness (QED) is 0.609. The van der Waals surface area contributed by atoms with E-state index in [1.165, 1.54) is 37.6 Å². The fourth-order valence-electron chi connectivity index (χ4n) is 5.35. The van der Waals surface area contributed by atoms with Crippen LogP contribution in [0.3, 0.4) is 0 Å². The van der Waals surface area contributed by atoms with Crippen molar-refractivity contribution >= 4 is 27.5 Å². The maximum atomic E-state index is 12.6. The lowest BCUT2D eigenvalue weighted by atomic mass is 9.84. The Morgan fingerprint density at radius 1 is 1.23 bits per heavy atom. The molecule has 156 valence electrons. The number of carbonyl (C=O) groups is 1. The molecule has 2 aliphatic carbocycles. The van der Waals surface area contributed by atoms with E-state index in [0.29, 0.717) is 11.8 Å². The van der Waals surface area contributed by atoms with E-state index in [9.17, 15) is 4.79 Å². The summed E-state index contributed by atoms with van der Waals surface area (Å²) in [5, 5.41) is 6.12. The molecule has 2 bridgehead atoms. The molecule has 2 aliphatic rings. The van der Waals surface area contributed by atoms with Crippen molar-refractivity contribution in [3.05, 3.63) is 41.5 Å². The molecule has 30 heavy (non-hydrogen) atoms. The lowest BCUT2D eigenvalue weighted by molar-refractivity contribution is -0.124. The fourth-order valence-corrected chi connectivity index (χ4v) is 6.25. The van der Waals surface area contributed by atoms with E-state index in [2.05, 4.69) is 58.8 Å². The van der Waals surface area contributed by atoms with Gasteiger partial charge in [0.25, 0.3) is 5.91 Å². The van der Waals surface area contributed by atoms with E-state index in [4.69, 9.17) is 4.74 Å². The molecule has 5 nitrogen and oxygen atoms in total. The van der Waals surface area contributed by atoms with Crippen molar-refractivity contribution in [2.24, 2.45) is 17.8 Å². The number of thiophene rings is 1. The molecular formula is C24H27N3O2S. The minimum absolute atomic E-state index is 0.0273. The van der Waals surface area contributed by atoms with Crippen LogP contribution in [0.15, 0.2) is 36.0 Å². The van der Waals surface area contributed by atoms with Gasteiger partial charge in [0.2, 0.25) is 5.88 Å². The molecule has 2 saturated carbocycles. The predicted molar refractivity (Wildman–Crippen MR) is 120 cm³/mol. The van der Waals surface area contributed by atoms with Crippen LogP contribution >= 0.6 is 11.3 Å². The second-order valence-corrected chi connectivity index (χ2v) is 9.72. The topological polar surface area (TPSA) is 64.1 Å². The number of rotatable bonds is 6. The second kappa shape index (κ2) is 7.99. The number of ether oxygens (including phenoxy) is 1. The van der Waals surface area contributed by atoms with Gasteiger partial charge < -0.3 is 10.1 Å². The van der Waals surface area contributed by atoms with Gasteiger partial charge in [0, 0.05) is 17.0 Å². The largest absolute Gasteiger partial charge is 0.467 e. The highest BCUT2D eigenvalue weighted by atomic mass is 32.1. The molecule has 3 aromatic rings. The van der Waals surface area contributed by atoms with Crippen LogP contribution in [-0.4, -0.2) is 28.5 Å². The molecule has 0 aliphatic heterocycles. The highest BCUT2D eigenvalue weighted by molar-refractivity contribution is 7.17. The Bertz CT molecular complexity index is 1060. The Labute approximate surface area is 180 Å². The summed E-state index contributed by atoms with van der Waals surface area (Å²) >= 11 is 1.56. The zero-order chi connectivity index (χ0) is 20.7. The lowest BCUT2D eigenvalue weighted by Crippen LogP contribution is -2.42. The molecule has 0 saturated heterocycles. The summed E-state index contributed by atoms with van der Waals surface area (Å²) in [7, 11) is 0. The number of nitrogens with one attached hydrogen (secondary N) is 1. The molecule has 0 spiro atoms. The van der Waals surface area contributed by atoms with Gasteiger partial charge in [0.1, 0.15) is 11.2 Å². The number of hydrogen-bond acceptors (Lipinski definition) is 5. The third-order valence-electron chi connectivity index (χ3n) is 6.86. The van der Waals surface area contributed by atoms with Crippen molar-refractivity contribution in [3.8, 4) is 17.0 Å². The standard InChI is InChI=1S/C24H27N3O2S/c1-14-3-6-17(7-4-14)20-12-30-24-22(20)23(25-13-26-24)29-11-21(28)27-15(2)19-10-16-5-8-18(19)9-16/h3-4,6-7,12-13,15-16,18-19H,5,8-11H2,1-2H3,(H,27,28)/t15-,16+,18+,19-/m1/s1. The average Bonchev–Trinajstić information content (AvgIpc) is 3.48. The molecule has 5 rings (SSSR count). The zero-order valence-electron chi connectivity index (χ0n) is 17.4. The van der Waals surface area contributed by atoms with Gasteiger partial charge in [-0.3, -0.25) is 4.79 Å². The van der Waals surface area contributed by atoms with Gasteiger partial charge in [-0.1, -0.05) is 36.2 Å². The monoisotopic (exact) mass is 421 g/mol. The summed E-state index contributed by atoms with van der Waals surface area (Å²) < 4.78 is 5.89. The van der Waals surface area contributed by atoms with Crippen LogP contribution in [0, 0.1) is 24.7 Å². The van der Waals surface area contributed by atoms with Gasteiger partial charge >= 0.3 is 0 Å². The first kappa shape index (κ1) is 19.5. The van der Waals surface area contributed by atoms with E-state index in [0.717, 1.165) is 33.2 Å². The van der Waals surface area contributed by atoms with Crippen LogP contribution in [-0.2, 0) is 4.79 Å². The molecular weight excluding hydrogens is 394 g/mol. The SMILES string of the molecule is Cc1ccc(-c2csc3ncnc(OCC(=O)N[C@H](C)[C@H]4C[C@H]5CC[C@H]4C5)c23)cc1. The molecule has 2 aromatic heterocycles. The van der Waals surface area contributed by atoms with Crippen molar-refractivity contribution in [2.45, 2.75) is 45.6 Å². The maximum Gasteiger partial charge on any atom is 0.258 e. The average molecular weight is 422 g/mol. The predicted octanol–water partition coefficient (Wildman–Crippen LogP) is 4.99. The number of aryl methyl sites for hydroxylation is 1. The highest BCUT2D eigenvalue weighted by Gasteiger charge is 2.42. The highest BCUT2D eigenvalue weighted by Crippen LogP contribution is 2.49. The minimum Gasteiger partial charge on any atom is -0.467 e. The minimum atomic E-state index is -0.0795. The fraction of sp³-hybridized carbons (Fsp3) is 0.458. The van der Waals surface area contributed by atoms with Gasteiger partial charge in [-0.15, -0.1) is 11.3 Å². The third kappa shape index (κ3) is 3.69. The molecule has 2 fully saturated rings. The number of amides is 1. The smallest absolute Gasteiger partial charge is 0.258 e. The Kier molecular flexibility index (Phi) is 5.19. The number of hydrogen-bond donors (Lipinski definition) is 1. The molecule has 0 unspecified atom stereocenters. The van der Waals surface area contributed by atoms with Crippen LogP contribution in [0.2, 0.25) is 0 Å². The van der Waals surface area contributed by atoms with E-state index in [1.807, 2.05) is 0 Å². The van der Waals surface area contributed by atoms with E-state index < -0.39 is 0 Å². The molecule has 1 aromatic carbocycles. The second-order valence-electron chi connectivity index (χ2n) is 8.86. The van der Waals surface area contributed by atoms with Crippen LogP contribution < -0.4 is 10.1 Å². The van der Waals surface area contributed by atoms with Crippen LogP contribution in [0.1, 0.15) is 38.2 Å². The number of benzene rings is 1. The van der Waals surface area contributed by atoms with Gasteiger partial charge in [-0.05, 0) is 56.4 Å². The summed E-state index contributed by atoms with van der Waals surface area (Å²) in [6.45, 7) is 4.18. The van der Waals surface area contributed by atoms with E-state index in [1.54, 1.807) is 11.3 Å². The molecule has 6 heteroatoms. The first-order valence-electron chi connectivity index (χ1n) is 10.8. The molecule has 4 atom stereocenters. The molecule has 1 amide bonds. The van der Waals surface area contributed by atoms with Crippen LogP contribution in [0.5, 0.6) is 5.88 Å². The Hall–Kier alpha value is -2.47. The molecule has 0 radical (unpaired) electrons. The van der Waals surface area contributed by atoms with Crippen molar-refractivity contribution in [1.82, 2.24) is 15.3 Å². The van der Waals surface area contributed by atoms with E-state index >= 15 is 0 Å². The van der Waals surface area contributed by atoms with Gasteiger partial charge in [-0.2, -0.15) is 0 Å². The first-order valence-corrected chi connectivity index (χ1v) is 11.7. The van der Waals surface area contributed by atoms with Crippen LogP contribution in [0.25, 0.3) is 21.3 Å². The molecule has 1 N–H and O–H groups in total. The third-order valence-corrected chi connectivity index (χ3v) is 7.75. The Balaban J connectivity index is 1.29. The number of carbonyl (C=O) groups excluding carboxylic acids is 1. The van der Waals surface area contributed by atoms with Gasteiger partial charge in [-0.25, -0.2) is 9.97 Å². The summed E-state index contributed by atoms with van der Waals surface area (Å²) in [5.74, 6) is 2.67. The number of fused-ring (bicyclic) bond motifs is 3.